The van der Waals surface area contributed by atoms with Gasteiger partial charge in [-0.1, -0.05) is 19.8 Å². The lowest BCUT2D eigenvalue weighted by molar-refractivity contribution is -0.152. The zero-order chi connectivity index (χ0) is 15.6. The summed E-state index contributed by atoms with van der Waals surface area (Å²) in [5.41, 5.74) is 0.356. The van der Waals surface area contributed by atoms with Gasteiger partial charge < -0.3 is 9.84 Å². The first kappa shape index (κ1) is 17.0. The second kappa shape index (κ2) is 6.80. The molecule has 0 radical (unpaired) electrons. The molecule has 120 valence electrons. The fourth-order valence-corrected chi connectivity index (χ4v) is 4.05. The smallest absolute Gasteiger partial charge is 0.126 e. The van der Waals surface area contributed by atoms with Crippen LogP contribution in [0.4, 0.5) is 0 Å². The minimum absolute atomic E-state index is 0.209. The van der Waals surface area contributed by atoms with Gasteiger partial charge in [-0.2, -0.15) is 5.10 Å². The molecule has 21 heavy (non-hydrogen) atoms. The van der Waals surface area contributed by atoms with Crippen LogP contribution < -0.4 is 0 Å². The molecule has 0 bridgehead atoms. The van der Waals surface area contributed by atoms with Gasteiger partial charge in [0.2, 0.25) is 0 Å². The molecule has 0 spiro atoms. The molecule has 0 aromatic carbocycles. The molecule has 3 unspecified atom stereocenters. The molecule has 5 heteroatoms. The zero-order valence-corrected chi connectivity index (χ0v) is 15.1. The number of aromatic nitrogens is 2. The van der Waals surface area contributed by atoms with Crippen molar-refractivity contribution in [1.29, 1.82) is 0 Å². The first-order valence-corrected chi connectivity index (χ1v) is 8.75. The number of nitrogens with zero attached hydrogens (tertiary/aromatic N) is 2. The molecule has 1 aromatic heterocycles. The topological polar surface area (TPSA) is 47.3 Å². The summed E-state index contributed by atoms with van der Waals surface area (Å²) in [4.78, 5) is 0. The van der Waals surface area contributed by atoms with Gasteiger partial charge in [-0.3, -0.25) is 4.68 Å². The Balaban J connectivity index is 2.39. The van der Waals surface area contributed by atoms with Crippen molar-refractivity contribution in [3.63, 3.8) is 0 Å². The Hall–Kier alpha value is -0.390. The molecule has 1 aliphatic carbocycles. The normalized spacial score (nSPS) is 28.0. The van der Waals surface area contributed by atoms with E-state index in [1.165, 1.54) is 6.42 Å². The van der Waals surface area contributed by atoms with Crippen LogP contribution in [0.2, 0.25) is 0 Å². The molecule has 1 heterocycles. The number of hydrogen-bond donors (Lipinski definition) is 1. The van der Waals surface area contributed by atoms with Crippen molar-refractivity contribution in [2.45, 2.75) is 71.1 Å². The minimum atomic E-state index is -0.653. The molecule has 1 aromatic rings. The Morgan fingerprint density at radius 1 is 1.57 bits per heavy atom. The summed E-state index contributed by atoms with van der Waals surface area (Å²) in [5.74, 6) is 0.578. The van der Waals surface area contributed by atoms with E-state index in [0.29, 0.717) is 12.5 Å². The molecule has 0 aliphatic heterocycles. The molecule has 2 rings (SSSR count). The lowest BCUT2D eigenvalue weighted by Gasteiger charge is -2.43. The highest BCUT2D eigenvalue weighted by Gasteiger charge is 2.45. The summed E-state index contributed by atoms with van der Waals surface area (Å²) in [6.07, 6.45) is 5.24. The number of ether oxygens (including phenoxy) is 1. The summed E-state index contributed by atoms with van der Waals surface area (Å²) in [7, 11) is 0. The quantitative estimate of drug-likeness (QED) is 0.855. The fourth-order valence-electron chi connectivity index (χ4n) is 3.56. The van der Waals surface area contributed by atoms with Crippen LogP contribution in [0.1, 0.15) is 71.2 Å². The number of aliphatic hydroxyl groups excluding tert-OH is 1. The van der Waals surface area contributed by atoms with E-state index in [-0.39, 0.29) is 6.04 Å². The number of halogens is 1. The van der Waals surface area contributed by atoms with E-state index in [1.54, 1.807) is 6.20 Å². The first-order chi connectivity index (χ1) is 9.91. The fraction of sp³-hybridized carbons (Fsp3) is 0.812. The van der Waals surface area contributed by atoms with Gasteiger partial charge in [0, 0.05) is 12.6 Å². The molecular weight excluding hydrogens is 332 g/mol. The number of hydrogen-bond acceptors (Lipinski definition) is 3. The largest absolute Gasteiger partial charge is 0.384 e. The van der Waals surface area contributed by atoms with E-state index in [2.05, 4.69) is 41.8 Å². The van der Waals surface area contributed by atoms with Gasteiger partial charge in [-0.15, -0.1) is 0 Å². The predicted octanol–water partition coefficient (Wildman–Crippen LogP) is 4.25. The SMILES string of the molecule is CCOC1(C(O)c2c(Br)cnn2C(C)C)CCCC(C)C1. The van der Waals surface area contributed by atoms with Crippen LogP contribution >= 0.6 is 15.9 Å². The molecular formula is C16H27BrN2O2. The van der Waals surface area contributed by atoms with Crippen LogP contribution in [0, 0.1) is 5.92 Å². The van der Waals surface area contributed by atoms with Gasteiger partial charge in [-0.05, 0) is 55.5 Å². The number of rotatable bonds is 5. The van der Waals surface area contributed by atoms with Gasteiger partial charge in [-0.25, -0.2) is 0 Å². The Labute approximate surface area is 136 Å². The summed E-state index contributed by atoms with van der Waals surface area (Å²) < 4.78 is 8.86. The predicted molar refractivity (Wildman–Crippen MR) is 87.3 cm³/mol. The first-order valence-electron chi connectivity index (χ1n) is 7.96. The second-order valence-corrected chi connectivity index (χ2v) is 7.37. The monoisotopic (exact) mass is 358 g/mol. The maximum atomic E-state index is 11.1. The molecule has 0 saturated heterocycles. The van der Waals surface area contributed by atoms with Crippen molar-refractivity contribution < 1.29 is 9.84 Å². The van der Waals surface area contributed by atoms with Crippen LogP contribution in [0.15, 0.2) is 10.7 Å². The van der Waals surface area contributed by atoms with Crippen molar-refractivity contribution in [2.24, 2.45) is 5.92 Å². The van der Waals surface area contributed by atoms with E-state index in [4.69, 9.17) is 4.74 Å². The Morgan fingerprint density at radius 2 is 2.29 bits per heavy atom. The third-order valence-corrected chi connectivity index (χ3v) is 5.07. The van der Waals surface area contributed by atoms with Crippen LogP contribution in [-0.4, -0.2) is 27.1 Å². The Morgan fingerprint density at radius 3 is 2.86 bits per heavy atom. The van der Waals surface area contributed by atoms with Crippen LogP contribution in [0.3, 0.4) is 0 Å². The highest BCUT2D eigenvalue weighted by Crippen LogP contribution is 2.45. The van der Waals surface area contributed by atoms with Crippen LogP contribution in [0.5, 0.6) is 0 Å². The number of aliphatic hydroxyl groups is 1. The van der Waals surface area contributed by atoms with Gasteiger partial charge >= 0.3 is 0 Å². The Bertz CT molecular complexity index is 471. The van der Waals surface area contributed by atoms with E-state index in [9.17, 15) is 5.11 Å². The average Bonchev–Trinajstić information content (AvgIpc) is 2.80. The van der Waals surface area contributed by atoms with Gasteiger partial charge in [0.05, 0.1) is 22.0 Å². The third kappa shape index (κ3) is 3.35. The van der Waals surface area contributed by atoms with E-state index >= 15 is 0 Å². The van der Waals surface area contributed by atoms with Crippen molar-refractivity contribution in [3.8, 4) is 0 Å². The van der Waals surface area contributed by atoms with Crippen molar-refractivity contribution in [2.75, 3.05) is 6.61 Å². The van der Waals surface area contributed by atoms with Gasteiger partial charge in [0.1, 0.15) is 6.10 Å². The maximum absolute atomic E-state index is 11.1. The second-order valence-electron chi connectivity index (χ2n) is 6.52. The summed E-state index contributed by atoms with van der Waals surface area (Å²) in [5, 5.41) is 15.5. The van der Waals surface area contributed by atoms with Crippen molar-refractivity contribution >= 4 is 15.9 Å². The summed E-state index contributed by atoms with van der Waals surface area (Å²) in [6, 6.07) is 0.209. The third-order valence-electron chi connectivity index (χ3n) is 4.46. The average molecular weight is 359 g/mol. The Kier molecular flexibility index (Phi) is 5.49. The molecule has 1 aliphatic rings. The zero-order valence-electron chi connectivity index (χ0n) is 13.5. The van der Waals surface area contributed by atoms with E-state index < -0.39 is 11.7 Å². The molecule has 4 nitrogen and oxygen atoms in total. The molecule has 1 saturated carbocycles. The van der Waals surface area contributed by atoms with Gasteiger partial charge in [0.25, 0.3) is 0 Å². The van der Waals surface area contributed by atoms with Crippen molar-refractivity contribution in [3.05, 3.63) is 16.4 Å². The van der Waals surface area contributed by atoms with Crippen LogP contribution in [-0.2, 0) is 4.74 Å². The van der Waals surface area contributed by atoms with Crippen LogP contribution in [0.25, 0.3) is 0 Å². The van der Waals surface area contributed by atoms with E-state index in [0.717, 1.165) is 29.4 Å². The van der Waals surface area contributed by atoms with Crippen molar-refractivity contribution in [1.82, 2.24) is 9.78 Å². The lowest BCUT2D eigenvalue weighted by Crippen LogP contribution is -2.44. The summed E-state index contributed by atoms with van der Waals surface area (Å²) in [6.45, 7) is 9.02. The molecule has 0 amide bonds. The standard InChI is InChI=1S/C16H27BrN2O2/c1-5-21-16(8-6-7-12(4)9-16)15(20)14-13(17)10-18-19(14)11(2)3/h10-12,15,20H,5-9H2,1-4H3. The minimum Gasteiger partial charge on any atom is -0.384 e. The molecule has 1 N–H and O–H groups in total. The van der Waals surface area contributed by atoms with E-state index in [1.807, 2.05) is 11.6 Å². The van der Waals surface area contributed by atoms with Gasteiger partial charge in [0.15, 0.2) is 0 Å². The highest BCUT2D eigenvalue weighted by atomic mass is 79.9. The highest BCUT2D eigenvalue weighted by molar-refractivity contribution is 9.10. The summed E-state index contributed by atoms with van der Waals surface area (Å²) >= 11 is 3.54. The maximum Gasteiger partial charge on any atom is 0.126 e. The molecule has 3 atom stereocenters. The molecule has 1 fully saturated rings. The lowest BCUT2D eigenvalue weighted by atomic mass is 9.74.